The molecule has 2 fully saturated rings. The number of hydrogen-bond donors (Lipinski definition) is 0. The van der Waals surface area contributed by atoms with Gasteiger partial charge in [-0.1, -0.05) is 30.3 Å². The van der Waals surface area contributed by atoms with Crippen LogP contribution in [0.4, 0.5) is 0 Å². The van der Waals surface area contributed by atoms with Gasteiger partial charge in [-0.3, -0.25) is 9.59 Å². The molecule has 2 saturated heterocycles. The van der Waals surface area contributed by atoms with E-state index < -0.39 is 0 Å². The zero-order chi connectivity index (χ0) is 16.3. The number of likely N-dealkylation sites (tertiary alicyclic amines) is 2. The van der Waals surface area contributed by atoms with Gasteiger partial charge in [0, 0.05) is 26.2 Å². The van der Waals surface area contributed by atoms with Crippen molar-refractivity contribution in [3.8, 4) is 0 Å². The van der Waals surface area contributed by atoms with E-state index in [-0.39, 0.29) is 11.3 Å². The fourth-order valence-corrected chi connectivity index (χ4v) is 3.98. The van der Waals surface area contributed by atoms with Crippen LogP contribution in [-0.4, -0.2) is 47.8 Å². The number of benzene rings is 1. The fraction of sp³-hybridized carbons (Fsp3) is 0.579. The van der Waals surface area contributed by atoms with E-state index >= 15 is 0 Å². The number of carbonyl (C=O) groups is 2. The van der Waals surface area contributed by atoms with Crippen molar-refractivity contribution in [1.29, 1.82) is 0 Å². The van der Waals surface area contributed by atoms with Crippen molar-refractivity contribution >= 4 is 11.8 Å². The first kappa shape index (κ1) is 16.0. The molecule has 0 radical (unpaired) electrons. The second-order valence-electron chi connectivity index (χ2n) is 6.81. The zero-order valence-corrected chi connectivity index (χ0v) is 14.0. The van der Waals surface area contributed by atoms with Crippen LogP contribution in [0.3, 0.4) is 0 Å². The maximum atomic E-state index is 12.7. The Kier molecular flexibility index (Phi) is 4.69. The van der Waals surface area contributed by atoms with Crippen molar-refractivity contribution in [3.63, 3.8) is 0 Å². The van der Waals surface area contributed by atoms with E-state index in [1.54, 1.807) is 0 Å². The predicted molar refractivity (Wildman–Crippen MR) is 89.9 cm³/mol. The molecule has 124 valence electrons. The molecule has 0 aromatic heterocycles. The van der Waals surface area contributed by atoms with E-state index in [9.17, 15) is 9.59 Å². The summed E-state index contributed by atoms with van der Waals surface area (Å²) in [5.74, 6) is 0.503. The van der Waals surface area contributed by atoms with Crippen molar-refractivity contribution in [2.45, 2.75) is 39.0 Å². The monoisotopic (exact) mass is 314 g/mol. The minimum atomic E-state index is -0.197. The Labute approximate surface area is 138 Å². The van der Waals surface area contributed by atoms with Gasteiger partial charge >= 0.3 is 0 Å². The third-order valence-electron chi connectivity index (χ3n) is 5.48. The molecule has 0 aliphatic carbocycles. The Hall–Kier alpha value is -1.84. The number of hydrogen-bond acceptors (Lipinski definition) is 2. The first-order valence-electron chi connectivity index (χ1n) is 8.76. The van der Waals surface area contributed by atoms with Gasteiger partial charge in [0.1, 0.15) is 0 Å². The lowest BCUT2D eigenvalue weighted by atomic mass is 9.79. The van der Waals surface area contributed by atoms with E-state index in [0.29, 0.717) is 12.3 Å². The lowest BCUT2D eigenvalue weighted by Crippen LogP contribution is -2.37. The number of nitrogens with zero attached hydrogens (tertiary/aromatic N) is 2. The van der Waals surface area contributed by atoms with E-state index in [1.165, 1.54) is 0 Å². The summed E-state index contributed by atoms with van der Waals surface area (Å²) < 4.78 is 0. The molecule has 1 unspecified atom stereocenters. The van der Waals surface area contributed by atoms with Crippen molar-refractivity contribution in [2.24, 2.45) is 5.41 Å². The molecule has 0 bridgehead atoms. The maximum absolute atomic E-state index is 12.7. The van der Waals surface area contributed by atoms with Crippen LogP contribution in [0.15, 0.2) is 30.3 Å². The summed E-state index contributed by atoms with van der Waals surface area (Å²) in [5, 5.41) is 0. The molecule has 4 nitrogen and oxygen atoms in total. The standard InChI is InChI=1S/C19H26N2O2/c1-2-20-13-10-19(18(20)23)9-6-12-21(14-11-19)17(22)15-16-7-4-3-5-8-16/h3-5,7-8H,2,6,9-15H2,1H3. The van der Waals surface area contributed by atoms with Crippen LogP contribution in [0.5, 0.6) is 0 Å². The second kappa shape index (κ2) is 6.73. The Bertz CT molecular complexity index is 572. The highest BCUT2D eigenvalue weighted by Gasteiger charge is 2.46. The van der Waals surface area contributed by atoms with Gasteiger partial charge in [0.25, 0.3) is 0 Å². The molecule has 0 saturated carbocycles. The topological polar surface area (TPSA) is 40.6 Å². The molecule has 2 aliphatic rings. The first-order chi connectivity index (χ1) is 11.1. The Balaban J connectivity index is 1.63. The molecule has 2 heterocycles. The zero-order valence-electron chi connectivity index (χ0n) is 14.0. The average molecular weight is 314 g/mol. The summed E-state index contributed by atoms with van der Waals surface area (Å²) in [6.45, 7) is 5.23. The molecule has 0 N–H and O–H groups in total. The van der Waals surface area contributed by atoms with Gasteiger partial charge in [-0.15, -0.1) is 0 Å². The van der Waals surface area contributed by atoms with Crippen LogP contribution >= 0.6 is 0 Å². The molecule has 1 spiro atoms. The van der Waals surface area contributed by atoms with Gasteiger partial charge in [0.05, 0.1) is 11.8 Å². The molecule has 2 amide bonds. The third-order valence-corrected chi connectivity index (χ3v) is 5.48. The SMILES string of the molecule is CCN1CCC2(CCCN(C(=O)Cc3ccccc3)CC2)C1=O. The van der Waals surface area contributed by atoms with Crippen LogP contribution < -0.4 is 0 Å². The van der Waals surface area contributed by atoms with E-state index in [0.717, 1.165) is 57.4 Å². The van der Waals surface area contributed by atoms with Crippen LogP contribution in [0, 0.1) is 5.41 Å². The van der Waals surface area contributed by atoms with Crippen LogP contribution in [0.2, 0.25) is 0 Å². The molecule has 4 heteroatoms. The fourth-order valence-electron chi connectivity index (χ4n) is 3.98. The molecular weight excluding hydrogens is 288 g/mol. The summed E-state index contributed by atoms with van der Waals surface area (Å²) in [6, 6.07) is 9.90. The van der Waals surface area contributed by atoms with Crippen molar-refractivity contribution in [1.82, 2.24) is 9.80 Å². The molecule has 1 atom stereocenters. The predicted octanol–water partition coefficient (Wildman–Crippen LogP) is 2.48. The highest BCUT2D eigenvalue weighted by atomic mass is 16.2. The van der Waals surface area contributed by atoms with Crippen molar-refractivity contribution in [3.05, 3.63) is 35.9 Å². The highest BCUT2D eigenvalue weighted by molar-refractivity contribution is 5.85. The summed E-state index contributed by atoms with van der Waals surface area (Å²) in [4.78, 5) is 29.1. The van der Waals surface area contributed by atoms with E-state index in [4.69, 9.17) is 0 Å². The largest absolute Gasteiger partial charge is 0.342 e. The molecule has 3 rings (SSSR count). The smallest absolute Gasteiger partial charge is 0.228 e. The molecule has 1 aromatic rings. The van der Waals surface area contributed by atoms with Gasteiger partial charge in [-0.2, -0.15) is 0 Å². The number of amides is 2. The molecule has 1 aromatic carbocycles. The van der Waals surface area contributed by atoms with Crippen LogP contribution in [-0.2, 0) is 16.0 Å². The van der Waals surface area contributed by atoms with E-state index in [2.05, 4.69) is 0 Å². The third kappa shape index (κ3) is 3.26. The summed E-state index contributed by atoms with van der Waals surface area (Å²) >= 11 is 0. The van der Waals surface area contributed by atoms with Crippen molar-refractivity contribution < 1.29 is 9.59 Å². The normalized spacial score (nSPS) is 25.0. The molecule has 23 heavy (non-hydrogen) atoms. The minimum Gasteiger partial charge on any atom is -0.342 e. The van der Waals surface area contributed by atoms with Gasteiger partial charge in [0.15, 0.2) is 0 Å². The summed E-state index contributed by atoms with van der Waals surface area (Å²) in [5.41, 5.74) is 0.864. The highest BCUT2D eigenvalue weighted by Crippen LogP contribution is 2.41. The van der Waals surface area contributed by atoms with Crippen LogP contribution in [0.25, 0.3) is 0 Å². The molecular formula is C19H26N2O2. The Morgan fingerprint density at radius 2 is 1.83 bits per heavy atom. The maximum Gasteiger partial charge on any atom is 0.228 e. The Morgan fingerprint density at radius 1 is 1.09 bits per heavy atom. The Morgan fingerprint density at radius 3 is 2.52 bits per heavy atom. The summed E-state index contributed by atoms with van der Waals surface area (Å²) in [6.07, 6.45) is 4.10. The number of rotatable bonds is 3. The number of carbonyl (C=O) groups excluding carboxylic acids is 2. The van der Waals surface area contributed by atoms with Gasteiger partial charge in [0.2, 0.25) is 11.8 Å². The minimum absolute atomic E-state index is 0.186. The lowest BCUT2D eigenvalue weighted by molar-refractivity contribution is -0.137. The van der Waals surface area contributed by atoms with Gasteiger partial charge < -0.3 is 9.80 Å². The van der Waals surface area contributed by atoms with Gasteiger partial charge in [-0.25, -0.2) is 0 Å². The second-order valence-corrected chi connectivity index (χ2v) is 6.81. The first-order valence-corrected chi connectivity index (χ1v) is 8.76. The average Bonchev–Trinajstić information content (AvgIpc) is 2.74. The summed E-state index contributed by atoms with van der Waals surface area (Å²) in [7, 11) is 0. The van der Waals surface area contributed by atoms with E-state index in [1.807, 2.05) is 47.1 Å². The van der Waals surface area contributed by atoms with Gasteiger partial charge in [-0.05, 0) is 38.2 Å². The molecule has 2 aliphatic heterocycles. The lowest BCUT2D eigenvalue weighted by Gasteiger charge is -2.26. The van der Waals surface area contributed by atoms with Crippen molar-refractivity contribution in [2.75, 3.05) is 26.2 Å². The quantitative estimate of drug-likeness (QED) is 0.860. The van der Waals surface area contributed by atoms with Crippen LogP contribution in [0.1, 0.15) is 38.2 Å².